The zero-order valence-electron chi connectivity index (χ0n) is 14.6. The Labute approximate surface area is 152 Å². The summed E-state index contributed by atoms with van der Waals surface area (Å²) in [5.41, 5.74) is 0.781. The number of benzene rings is 1. The number of hydrogen-bond donors (Lipinski definition) is 2. The number of nitrogens with one attached hydrogen (secondary N) is 1. The second-order valence-electron chi connectivity index (χ2n) is 6.43. The van der Waals surface area contributed by atoms with Crippen LogP contribution in [0.5, 0.6) is 11.5 Å². The van der Waals surface area contributed by atoms with Gasteiger partial charge in [-0.05, 0) is 36.6 Å². The van der Waals surface area contributed by atoms with Crippen molar-refractivity contribution in [3.8, 4) is 11.5 Å². The largest absolute Gasteiger partial charge is 0.454 e. The smallest absolute Gasteiger partial charge is 0.247 e. The Bertz CT molecular complexity index is 681. The third-order valence-corrected chi connectivity index (χ3v) is 4.54. The van der Waals surface area contributed by atoms with Crippen molar-refractivity contribution in [2.45, 2.75) is 31.7 Å². The van der Waals surface area contributed by atoms with Crippen LogP contribution in [0.2, 0.25) is 0 Å². The van der Waals surface area contributed by atoms with Crippen molar-refractivity contribution in [2.24, 2.45) is 0 Å². The zero-order valence-corrected chi connectivity index (χ0v) is 14.6. The zero-order chi connectivity index (χ0) is 18.4. The molecule has 2 aliphatic heterocycles. The van der Waals surface area contributed by atoms with Crippen LogP contribution >= 0.6 is 0 Å². The van der Waals surface area contributed by atoms with Gasteiger partial charge in [0.05, 0.1) is 6.61 Å². The Morgan fingerprint density at radius 3 is 2.62 bits per heavy atom. The Hall–Kier alpha value is -2.54. The van der Waals surface area contributed by atoms with Crippen LogP contribution in [0.15, 0.2) is 24.3 Å². The van der Waals surface area contributed by atoms with E-state index in [1.165, 1.54) is 6.08 Å². The highest BCUT2D eigenvalue weighted by molar-refractivity contribution is 5.95. The number of aliphatic hydroxyl groups is 1. The molecule has 1 atom stereocenters. The van der Waals surface area contributed by atoms with E-state index in [9.17, 15) is 14.7 Å². The highest BCUT2D eigenvalue weighted by Gasteiger charge is 2.25. The Balaban J connectivity index is 1.57. The van der Waals surface area contributed by atoms with E-state index in [2.05, 4.69) is 5.32 Å². The second-order valence-corrected chi connectivity index (χ2v) is 6.43. The molecule has 7 nitrogen and oxygen atoms in total. The summed E-state index contributed by atoms with van der Waals surface area (Å²) < 4.78 is 10.5. The number of nitrogens with zero attached hydrogens (tertiary/aromatic N) is 1. The molecule has 1 unspecified atom stereocenters. The molecule has 26 heavy (non-hydrogen) atoms. The van der Waals surface area contributed by atoms with E-state index in [1.807, 2.05) is 6.07 Å². The van der Waals surface area contributed by atoms with Crippen molar-refractivity contribution in [1.82, 2.24) is 10.2 Å². The summed E-state index contributed by atoms with van der Waals surface area (Å²) in [5.74, 6) is 0.663. The predicted molar refractivity (Wildman–Crippen MR) is 95.7 cm³/mol. The number of rotatable bonds is 5. The number of amides is 2. The third kappa shape index (κ3) is 4.54. The number of likely N-dealkylation sites (tertiary alicyclic amines) is 1. The molecule has 2 aliphatic rings. The fourth-order valence-electron chi connectivity index (χ4n) is 3.11. The lowest BCUT2D eigenvalue weighted by Crippen LogP contribution is -2.50. The van der Waals surface area contributed by atoms with Crippen LogP contribution in [0.1, 0.15) is 31.2 Å². The SMILES string of the molecule is O=C(C=Cc1ccc2c(c1)OCO2)NC(CO)C(=O)N1CCCCCC1. The molecule has 3 rings (SSSR count). The van der Waals surface area contributed by atoms with Crippen LogP contribution in [0.25, 0.3) is 6.08 Å². The topological polar surface area (TPSA) is 88.1 Å². The number of aliphatic hydroxyl groups excluding tert-OH is 1. The van der Waals surface area contributed by atoms with E-state index in [4.69, 9.17) is 9.47 Å². The van der Waals surface area contributed by atoms with E-state index < -0.39 is 18.6 Å². The van der Waals surface area contributed by atoms with Crippen molar-refractivity contribution < 1.29 is 24.2 Å². The van der Waals surface area contributed by atoms with Crippen molar-refractivity contribution in [3.05, 3.63) is 29.8 Å². The fraction of sp³-hybridized carbons (Fsp3) is 0.474. The predicted octanol–water partition coefficient (Wildman–Crippen LogP) is 1.31. The van der Waals surface area contributed by atoms with Gasteiger partial charge in [0.15, 0.2) is 11.5 Å². The molecule has 0 bridgehead atoms. The highest BCUT2D eigenvalue weighted by atomic mass is 16.7. The van der Waals surface area contributed by atoms with Crippen molar-refractivity contribution in [2.75, 3.05) is 26.5 Å². The summed E-state index contributed by atoms with van der Waals surface area (Å²) in [6, 6.07) is 4.45. The molecule has 0 saturated carbocycles. The average molecular weight is 360 g/mol. The molecule has 140 valence electrons. The van der Waals surface area contributed by atoms with E-state index >= 15 is 0 Å². The summed E-state index contributed by atoms with van der Waals surface area (Å²) in [6.45, 7) is 1.13. The molecule has 1 saturated heterocycles. The van der Waals surface area contributed by atoms with E-state index in [1.54, 1.807) is 23.1 Å². The van der Waals surface area contributed by atoms with Gasteiger partial charge in [0.25, 0.3) is 0 Å². The monoisotopic (exact) mass is 360 g/mol. The molecule has 2 heterocycles. The van der Waals surface area contributed by atoms with Gasteiger partial charge in [-0.15, -0.1) is 0 Å². The molecular formula is C19H24N2O5. The highest BCUT2D eigenvalue weighted by Crippen LogP contribution is 2.32. The summed E-state index contributed by atoms with van der Waals surface area (Å²) >= 11 is 0. The summed E-state index contributed by atoms with van der Waals surface area (Å²) in [5, 5.41) is 12.1. The molecule has 2 N–H and O–H groups in total. The number of carbonyl (C=O) groups excluding carboxylic acids is 2. The molecule has 0 radical (unpaired) electrons. The number of ether oxygens (including phenoxy) is 2. The maximum Gasteiger partial charge on any atom is 0.247 e. The maximum atomic E-state index is 12.5. The lowest BCUT2D eigenvalue weighted by molar-refractivity contribution is -0.136. The first-order valence-electron chi connectivity index (χ1n) is 8.95. The van der Waals surface area contributed by atoms with Crippen molar-refractivity contribution in [1.29, 1.82) is 0 Å². The van der Waals surface area contributed by atoms with Gasteiger partial charge < -0.3 is 24.8 Å². The molecule has 2 amide bonds. The minimum atomic E-state index is -0.915. The Morgan fingerprint density at radius 2 is 1.88 bits per heavy atom. The van der Waals surface area contributed by atoms with E-state index in [0.29, 0.717) is 24.6 Å². The standard InChI is InChI=1S/C19H24N2O5/c22-12-15(19(24)21-9-3-1-2-4-10-21)20-18(23)8-6-14-5-7-16-17(11-14)26-13-25-16/h5-8,11,15,22H,1-4,9-10,12-13H2,(H,20,23). The lowest BCUT2D eigenvalue weighted by atomic mass is 10.2. The van der Waals surface area contributed by atoms with Gasteiger partial charge in [-0.1, -0.05) is 18.9 Å². The Morgan fingerprint density at radius 1 is 1.15 bits per heavy atom. The minimum Gasteiger partial charge on any atom is -0.454 e. The number of carbonyl (C=O) groups is 2. The average Bonchev–Trinajstić information content (AvgIpc) is 2.95. The first-order valence-corrected chi connectivity index (χ1v) is 8.95. The van der Waals surface area contributed by atoms with Gasteiger partial charge in [0, 0.05) is 19.2 Å². The molecule has 7 heteroatoms. The molecule has 1 aromatic rings. The summed E-state index contributed by atoms with van der Waals surface area (Å²) in [7, 11) is 0. The molecule has 0 aliphatic carbocycles. The van der Waals surface area contributed by atoms with Gasteiger partial charge in [-0.3, -0.25) is 9.59 Å². The first-order chi connectivity index (χ1) is 12.7. The van der Waals surface area contributed by atoms with E-state index in [-0.39, 0.29) is 12.7 Å². The summed E-state index contributed by atoms with van der Waals surface area (Å²) in [6.07, 6.45) is 7.11. The van der Waals surface area contributed by atoms with Gasteiger partial charge >= 0.3 is 0 Å². The van der Waals surface area contributed by atoms with Crippen molar-refractivity contribution in [3.63, 3.8) is 0 Å². The van der Waals surface area contributed by atoms with Crippen LogP contribution < -0.4 is 14.8 Å². The molecule has 0 aromatic heterocycles. The van der Waals surface area contributed by atoms with Crippen LogP contribution in [0.4, 0.5) is 0 Å². The van der Waals surface area contributed by atoms with E-state index in [0.717, 1.165) is 31.2 Å². The molecule has 1 fully saturated rings. The van der Waals surface area contributed by atoms with Gasteiger partial charge in [0.1, 0.15) is 6.04 Å². The van der Waals surface area contributed by atoms with Crippen LogP contribution in [-0.2, 0) is 9.59 Å². The number of fused-ring (bicyclic) bond motifs is 1. The van der Waals surface area contributed by atoms with Gasteiger partial charge in [0.2, 0.25) is 18.6 Å². The quantitative estimate of drug-likeness (QED) is 0.773. The minimum absolute atomic E-state index is 0.194. The molecule has 1 aromatic carbocycles. The fourth-order valence-corrected chi connectivity index (χ4v) is 3.11. The Kier molecular flexibility index (Phi) is 6.12. The second kappa shape index (κ2) is 8.71. The number of hydrogen-bond acceptors (Lipinski definition) is 5. The maximum absolute atomic E-state index is 12.5. The lowest BCUT2D eigenvalue weighted by Gasteiger charge is -2.25. The van der Waals surface area contributed by atoms with Crippen LogP contribution in [0.3, 0.4) is 0 Å². The third-order valence-electron chi connectivity index (χ3n) is 4.54. The first kappa shape index (κ1) is 18.3. The van der Waals surface area contributed by atoms with Gasteiger partial charge in [-0.2, -0.15) is 0 Å². The molecular weight excluding hydrogens is 336 g/mol. The van der Waals surface area contributed by atoms with Gasteiger partial charge in [-0.25, -0.2) is 0 Å². The molecule has 0 spiro atoms. The summed E-state index contributed by atoms with van der Waals surface area (Å²) in [4.78, 5) is 26.4. The van der Waals surface area contributed by atoms with Crippen LogP contribution in [0, 0.1) is 0 Å². The van der Waals surface area contributed by atoms with Crippen LogP contribution in [-0.4, -0.2) is 54.4 Å². The normalized spacial score (nSPS) is 17.8. The van der Waals surface area contributed by atoms with Crippen molar-refractivity contribution >= 4 is 17.9 Å².